The molecule has 0 bridgehead atoms. The number of hydrogen-bond acceptors (Lipinski definition) is 2. The quantitative estimate of drug-likeness (QED) is 0.582. The molecule has 2 N–H and O–H groups in total. The molecular formula is C10H19BrN2O. The number of carbonyl (C=O) groups excluding carboxylic acids is 1. The number of alkyl halides is 1. The topological polar surface area (TPSA) is 41.1 Å². The van der Waals surface area contributed by atoms with Crippen LogP contribution in [0.2, 0.25) is 0 Å². The van der Waals surface area contributed by atoms with Crippen LogP contribution in [0.3, 0.4) is 0 Å². The van der Waals surface area contributed by atoms with Gasteiger partial charge in [-0.2, -0.15) is 0 Å². The molecule has 1 fully saturated rings. The van der Waals surface area contributed by atoms with Crippen LogP contribution >= 0.6 is 15.9 Å². The lowest BCUT2D eigenvalue weighted by Crippen LogP contribution is -2.45. The Kier molecular flexibility index (Phi) is 6.19. The van der Waals surface area contributed by atoms with Gasteiger partial charge in [0.15, 0.2) is 0 Å². The van der Waals surface area contributed by atoms with Gasteiger partial charge >= 0.3 is 0 Å². The summed E-state index contributed by atoms with van der Waals surface area (Å²) in [6, 6.07) is 0.361. The predicted molar refractivity (Wildman–Crippen MR) is 61.7 cm³/mol. The van der Waals surface area contributed by atoms with Gasteiger partial charge in [-0.15, -0.1) is 0 Å². The van der Waals surface area contributed by atoms with Gasteiger partial charge < -0.3 is 10.6 Å². The molecule has 4 heteroatoms. The molecule has 14 heavy (non-hydrogen) atoms. The van der Waals surface area contributed by atoms with Crippen molar-refractivity contribution in [2.45, 2.75) is 38.1 Å². The summed E-state index contributed by atoms with van der Waals surface area (Å²) < 4.78 is 0. The van der Waals surface area contributed by atoms with E-state index in [0.29, 0.717) is 12.5 Å². The molecule has 82 valence electrons. The lowest BCUT2D eigenvalue weighted by atomic mass is 10.1. The first-order chi connectivity index (χ1) is 6.83. The maximum Gasteiger partial charge on any atom is 0.220 e. The van der Waals surface area contributed by atoms with E-state index in [-0.39, 0.29) is 5.91 Å². The molecule has 1 atom stereocenters. The SMILES string of the molecule is O=C(CCCCBr)NC1CCCNC1. The van der Waals surface area contributed by atoms with Gasteiger partial charge in [0, 0.05) is 24.3 Å². The fraction of sp³-hybridized carbons (Fsp3) is 0.900. The van der Waals surface area contributed by atoms with Crippen molar-refractivity contribution in [3.63, 3.8) is 0 Å². The van der Waals surface area contributed by atoms with E-state index >= 15 is 0 Å². The predicted octanol–water partition coefficient (Wildman–Crippen LogP) is 1.42. The zero-order chi connectivity index (χ0) is 10.2. The third kappa shape index (κ3) is 4.96. The Balaban J connectivity index is 2.06. The molecule has 0 aromatic rings. The van der Waals surface area contributed by atoms with Crippen molar-refractivity contribution in [2.24, 2.45) is 0 Å². The van der Waals surface area contributed by atoms with E-state index in [9.17, 15) is 4.79 Å². The van der Waals surface area contributed by atoms with E-state index in [1.54, 1.807) is 0 Å². The Morgan fingerprint density at radius 2 is 2.36 bits per heavy atom. The highest BCUT2D eigenvalue weighted by molar-refractivity contribution is 9.09. The number of unbranched alkanes of at least 4 members (excludes halogenated alkanes) is 1. The van der Waals surface area contributed by atoms with Gasteiger partial charge in [-0.05, 0) is 32.2 Å². The van der Waals surface area contributed by atoms with Crippen molar-refractivity contribution in [3.8, 4) is 0 Å². The first kappa shape index (κ1) is 12.0. The van der Waals surface area contributed by atoms with Crippen LogP contribution in [0.25, 0.3) is 0 Å². The zero-order valence-electron chi connectivity index (χ0n) is 8.52. The summed E-state index contributed by atoms with van der Waals surface area (Å²) >= 11 is 3.36. The highest BCUT2D eigenvalue weighted by Crippen LogP contribution is 2.03. The number of halogens is 1. The average molecular weight is 263 g/mol. The van der Waals surface area contributed by atoms with Gasteiger partial charge in [0.1, 0.15) is 0 Å². The van der Waals surface area contributed by atoms with E-state index in [1.807, 2.05) is 0 Å². The number of hydrogen-bond donors (Lipinski definition) is 2. The second-order valence-corrected chi connectivity index (χ2v) is 4.55. The van der Waals surface area contributed by atoms with Crippen LogP contribution in [0, 0.1) is 0 Å². The molecule has 0 aromatic carbocycles. The third-order valence-corrected chi connectivity index (χ3v) is 3.01. The maximum atomic E-state index is 11.4. The van der Waals surface area contributed by atoms with Crippen molar-refractivity contribution >= 4 is 21.8 Å². The fourth-order valence-electron chi connectivity index (χ4n) is 1.65. The average Bonchev–Trinajstić information content (AvgIpc) is 2.20. The fourth-order valence-corrected chi connectivity index (χ4v) is 2.05. The van der Waals surface area contributed by atoms with Crippen molar-refractivity contribution in [1.29, 1.82) is 0 Å². The second-order valence-electron chi connectivity index (χ2n) is 3.76. The molecule has 1 heterocycles. The van der Waals surface area contributed by atoms with E-state index in [4.69, 9.17) is 0 Å². The van der Waals surface area contributed by atoms with E-state index < -0.39 is 0 Å². The van der Waals surface area contributed by atoms with Gasteiger partial charge in [-0.3, -0.25) is 4.79 Å². The van der Waals surface area contributed by atoms with Gasteiger partial charge in [0.2, 0.25) is 5.91 Å². The van der Waals surface area contributed by atoms with Crippen LogP contribution in [0.5, 0.6) is 0 Å². The zero-order valence-corrected chi connectivity index (χ0v) is 10.1. The first-order valence-corrected chi connectivity index (χ1v) is 6.51. The van der Waals surface area contributed by atoms with Crippen LogP contribution < -0.4 is 10.6 Å². The van der Waals surface area contributed by atoms with E-state index in [1.165, 1.54) is 6.42 Å². The number of amides is 1. The van der Waals surface area contributed by atoms with Crippen LogP contribution in [-0.4, -0.2) is 30.4 Å². The van der Waals surface area contributed by atoms with E-state index in [2.05, 4.69) is 26.6 Å². The molecule has 0 spiro atoms. The molecule has 1 saturated heterocycles. The number of nitrogens with one attached hydrogen (secondary N) is 2. The summed E-state index contributed by atoms with van der Waals surface area (Å²) in [6.45, 7) is 2.03. The molecule has 0 saturated carbocycles. The summed E-state index contributed by atoms with van der Waals surface area (Å²) in [6.07, 6.45) is 5.03. The summed E-state index contributed by atoms with van der Waals surface area (Å²) in [5, 5.41) is 7.34. The molecule has 0 radical (unpaired) electrons. The minimum absolute atomic E-state index is 0.208. The Labute approximate surface area is 94.1 Å². The van der Waals surface area contributed by atoms with Crippen LogP contribution in [0.15, 0.2) is 0 Å². The maximum absolute atomic E-state index is 11.4. The Morgan fingerprint density at radius 3 is 3.00 bits per heavy atom. The minimum atomic E-state index is 0.208. The van der Waals surface area contributed by atoms with Crippen molar-refractivity contribution < 1.29 is 4.79 Å². The molecule has 1 unspecified atom stereocenters. The highest BCUT2D eigenvalue weighted by atomic mass is 79.9. The molecule has 3 nitrogen and oxygen atoms in total. The number of carbonyl (C=O) groups is 1. The molecule has 0 aliphatic carbocycles. The monoisotopic (exact) mass is 262 g/mol. The molecular weight excluding hydrogens is 244 g/mol. The Bertz CT molecular complexity index is 170. The highest BCUT2D eigenvalue weighted by Gasteiger charge is 2.14. The van der Waals surface area contributed by atoms with Gasteiger partial charge in [0.05, 0.1) is 0 Å². The van der Waals surface area contributed by atoms with Crippen molar-refractivity contribution in [1.82, 2.24) is 10.6 Å². The second kappa shape index (κ2) is 7.23. The number of rotatable bonds is 5. The summed E-state index contributed by atoms with van der Waals surface area (Å²) in [7, 11) is 0. The number of piperidine rings is 1. The molecule has 1 aliphatic heterocycles. The largest absolute Gasteiger partial charge is 0.352 e. The molecule has 1 rings (SSSR count). The summed E-state index contributed by atoms with van der Waals surface area (Å²) in [5.74, 6) is 0.208. The van der Waals surface area contributed by atoms with Gasteiger partial charge in [-0.1, -0.05) is 15.9 Å². The van der Waals surface area contributed by atoms with Crippen LogP contribution in [0.4, 0.5) is 0 Å². The van der Waals surface area contributed by atoms with Gasteiger partial charge in [0.25, 0.3) is 0 Å². The summed E-state index contributed by atoms with van der Waals surface area (Å²) in [5.41, 5.74) is 0. The van der Waals surface area contributed by atoms with Crippen molar-refractivity contribution in [2.75, 3.05) is 18.4 Å². The lowest BCUT2D eigenvalue weighted by molar-refractivity contribution is -0.122. The van der Waals surface area contributed by atoms with E-state index in [0.717, 1.165) is 37.7 Å². The van der Waals surface area contributed by atoms with Gasteiger partial charge in [-0.25, -0.2) is 0 Å². The normalized spacial score (nSPS) is 21.9. The Hall–Kier alpha value is -0.0900. The molecule has 1 aliphatic rings. The van der Waals surface area contributed by atoms with Crippen molar-refractivity contribution in [3.05, 3.63) is 0 Å². The smallest absolute Gasteiger partial charge is 0.220 e. The Morgan fingerprint density at radius 1 is 1.50 bits per heavy atom. The lowest BCUT2D eigenvalue weighted by Gasteiger charge is -2.23. The van der Waals surface area contributed by atoms with Crippen LogP contribution in [-0.2, 0) is 4.79 Å². The first-order valence-electron chi connectivity index (χ1n) is 5.39. The third-order valence-electron chi connectivity index (χ3n) is 2.45. The van der Waals surface area contributed by atoms with Crippen LogP contribution in [0.1, 0.15) is 32.1 Å². The minimum Gasteiger partial charge on any atom is -0.352 e. The molecule has 0 aromatic heterocycles. The molecule has 1 amide bonds. The standard InChI is InChI=1S/C10H19BrN2O/c11-6-2-1-5-10(14)13-9-4-3-7-12-8-9/h9,12H,1-8H2,(H,13,14). The summed E-state index contributed by atoms with van der Waals surface area (Å²) in [4.78, 5) is 11.4.